The zero-order valence-corrected chi connectivity index (χ0v) is 9.92. The van der Waals surface area contributed by atoms with Gasteiger partial charge in [-0.05, 0) is 0 Å². The maximum absolute atomic E-state index is 11.5. The maximum atomic E-state index is 11.5. The Hall–Kier alpha value is -2.18. The summed E-state index contributed by atoms with van der Waals surface area (Å²) in [5.41, 5.74) is 5.87. The van der Waals surface area contributed by atoms with Gasteiger partial charge in [-0.1, -0.05) is 0 Å². The molecule has 1 amide bonds. The quantitative estimate of drug-likeness (QED) is 0.400. The number of hydrogen-bond acceptors (Lipinski definition) is 4. The SMILES string of the molecule is CN(C)C(N)=NCCNC(=O)c1cnccn1. The van der Waals surface area contributed by atoms with E-state index in [1.165, 1.54) is 18.6 Å². The van der Waals surface area contributed by atoms with E-state index in [1.54, 1.807) is 19.0 Å². The molecule has 0 aliphatic rings. The zero-order chi connectivity index (χ0) is 12.7. The van der Waals surface area contributed by atoms with E-state index in [0.717, 1.165) is 0 Å². The predicted octanol–water partition coefficient (Wildman–Crippen LogP) is -0.917. The second-order valence-corrected chi connectivity index (χ2v) is 3.48. The van der Waals surface area contributed by atoms with Crippen LogP contribution in [0.1, 0.15) is 10.5 Å². The molecule has 1 aromatic rings. The van der Waals surface area contributed by atoms with Crippen molar-refractivity contribution in [3.63, 3.8) is 0 Å². The highest BCUT2D eigenvalue weighted by Crippen LogP contribution is 1.88. The molecule has 0 aliphatic heterocycles. The van der Waals surface area contributed by atoms with E-state index >= 15 is 0 Å². The van der Waals surface area contributed by atoms with Gasteiger partial charge in [-0.15, -0.1) is 0 Å². The number of carbonyl (C=O) groups excluding carboxylic acids is 1. The fourth-order valence-corrected chi connectivity index (χ4v) is 0.988. The third-order valence-corrected chi connectivity index (χ3v) is 1.93. The van der Waals surface area contributed by atoms with Crippen molar-refractivity contribution in [2.75, 3.05) is 27.2 Å². The van der Waals surface area contributed by atoms with Crippen LogP contribution in [0.2, 0.25) is 0 Å². The average molecular weight is 236 g/mol. The number of aromatic nitrogens is 2. The summed E-state index contributed by atoms with van der Waals surface area (Å²) in [7, 11) is 3.61. The molecule has 92 valence electrons. The number of guanidine groups is 1. The molecular weight excluding hydrogens is 220 g/mol. The van der Waals surface area contributed by atoms with Crippen molar-refractivity contribution in [2.45, 2.75) is 0 Å². The van der Waals surface area contributed by atoms with Crippen molar-refractivity contribution < 1.29 is 4.79 Å². The van der Waals surface area contributed by atoms with Gasteiger partial charge in [0.25, 0.3) is 5.91 Å². The van der Waals surface area contributed by atoms with Crippen LogP contribution in [-0.4, -0.2) is 53.9 Å². The Morgan fingerprint density at radius 1 is 1.53 bits per heavy atom. The highest BCUT2D eigenvalue weighted by atomic mass is 16.1. The normalized spacial score (nSPS) is 11.1. The molecule has 0 bridgehead atoms. The van der Waals surface area contributed by atoms with Gasteiger partial charge in [0, 0.05) is 33.0 Å². The lowest BCUT2D eigenvalue weighted by atomic mass is 10.4. The molecular formula is C10H16N6O. The summed E-state index contributed by atoms with van der Waals surface area (Å²) in [5.74, 6) is 0.162. The highest BCUT2D eigenvalue weighted by molar-refractivity contribution is 5.91. The van der Waals surface area contributed by atoms with Crippen LogP contribution in [0.25, 0.3) is 0 Å². The Kier molecular flexibility index (Phi) is 4.86. The van der Waals surface area contributed by atoms with Crippen LogP contribution in [0.4, 0.5) is 0 Å². The molecule has 7 nitrogen and oxygen atoms in total. The maximum Gasteiger partial charge on any atom is 0.271 e. The topological polar surface area (TPSA) is 96.5 Å². The largest absolute Gasteiger partial charge is 0.370 e. The molecule has 17 heavy (non-hydrogen) atoms. The van der Waals surface area contributed by atoms with Crippen molar-refractivity contribution >= 4 is 11.9 Å². The first-order valence-corrected chi connectivity index (χ1v) is 5.12. The molecule has 0 atom stereocenters. The highest BCUT2D eigenvalue weighted by Gasteiger charge is 2.04. The summed E-state index contributed by atoms with van der Waals surface area (Å²) in [6.07, 6.45) is 4.39. The van der Waals surface area contributed by atoms with Crippen LogP contribution < -0.4 is 11.1 Å². The number of aliphatic imine (C=N–C) groups is 1. The van der Waals surface area contributed by atoms with Gasteiger partial charge in [0.05, 0.1) is 12.7 Å². The third kappa shape index (κ3) is 4.45. The Morgan fingerprint density at radius 2 is 2.29 bits per heavy atom. The summed E-state index contributed by atoms with van der Waals surface area (Å²) in [6, 6.07) is 0. The van der Waals surface area contributed by atoms with Gasteiger partial charge in [-0.2, -0.15) is 0 Å². The van der Waals surface area contributed by atoms with Gasteiger partial charge in [-0.3, -0.25) is 14.8 Å². The molecule has 1 rings (SSSR count). The molecule has 0 saturated carbocycles. The van der Waals surface area contributed by atoms with E-state index in [-0.39, 0.29) is 11.6 Å². The molecule has 0 saturated heterocycles. The van der Waals surface area contributed by atoms with E-state index in [1.807, 2.05) is 0 Å². The number of nitrogens with zero attached hydrogens (tertiary/aromatic N) is 4. The second-order valence-electron chi connectivity index (χ2n) is 3.48. The van der Waals surface area contributed by atoms with Crippen LogP contribution >= 0.6 is 0 Å². The lowest BCUT2D eigenvalue weighted by Gasteiger charge is -2.10. The predicted molar refractivity (Wildman–Crippen MR) is 64.5 cm³/mol. The van der Waals surface area contributed by atoms with E-state index in [4.69, 9.17) is 5.73 Å². The number of hydrogen-bond donors (Lipinski definition) is 2. The number of carbonyl (C=O) groups is 1. The van der Waals surface area contributed by atoms with Gasteiger partial charge >= 0.3 is 0 Å². The van der Waals surface area contributed by atoms with Gasteiger partial charge in [0.15, 0.2) is 5.96 Å². The molecule has 1 heterocycles. The number of rotatable bonds is 4. The van der Waals surface area contributed by atoms with Gasteiger partial charge < -0.3 is 16.0 Å². The first-order chi connectivity index (χ1) is 8.11. The van der Waals surface area contributed by atoms with E-state index in [2.05, 4.69) is 20.3 Å². The molecule has 0 spiro atoms. The number of nitrogens with two attached hydrogens (primary N) is 1. The summed E-state index contributed by atoms with van der Waals surface area (Å²) in [4.78, 5) is 25.0. The minimum atomic E-state index is -0.267. The Morgan fingerprint density at radius 3 is 2.88 bits per heavy atom. The summed E-state index contributed by atoms with van der Waals surface area (Å²) < 4.78 is 0. The molecule has 1 aromatic heterocycles. The zero-order valence-electron chi connectivity index (χ0n) is 9.92. The van der Waals surface area contributed by atoms with Crippen LogP contribution in [0.5, 0.6) is 0 Å². The Bertz CT molecular complexity index is 389. The minimum Gasteiger partial charge on any atom is -0.370 e. The summed E-state index contributed by atoms with van der Waals surface area (Å²) in [5, 5.41) is 2.67. The Labute approximate surface area is 99.8 Å². The van der Waals surface area contributed by atoms with Crippen molar-refractivity contribution in [1.29, 1.82) is 0 Å². The lowest BCUT2D eigenvalue weighted by molar-refractivity contribution is 0.0949. The molecule has 3 N–H and O–H groups in total. The van der Waals surface area contributed by atoms with Gasteiger partial charge in [-0.25, -0.2) is 4.98 Å². The molecule has 0 unspecified atom stereocenters. The van der Waals surface area contributed by atoms with Crippen molar-refractivity contribution in [3.8, 4) is 0 Å². The molecule has 7 heteroatoms. The monoisotopic (exact) mass is 236 g/mol. The molecule has 0 aromatic carbocycles. The van der Waals surface area contributed by atoms with E-state index < -0.39 is 0 Å². The molecule has 0 radical (unpaired) electrons. The van der Waals surface area contributed by atoms with E-state index in [0.29, 0.717) is 19.0 Å². The van der Waals surface area contributed by atoms with Crippen molar-refractivity contribution in [2.24, 2.45) is 10.7 Å². The first-order valence-electron chi connectivity index (χ1n) is 5.12. The first kappa shape index (κ1) is 12.9. The average Bonchev–Trinajstić information content (AvgIpc) is 2.35. The number of nitrogens with one attached hydrogen (secondary N) is 1. The van der Waals surface area contributed by atoms with E-state index in [9.17, 15) is 4.79 Å². The van der Waals surface area contributed by atoms with Crippen LogP contribution in [0, 0.1) is 0 Å². The van der Waals surface area contributed by atoms with Crippen molar-refractivity contribution in [3.05, 3.63) is 24.3 Å². The van der Waals surface area contributed by atoms with Gasteiger partial charge in [0.2, 0.25) is 0 Å². The van der Waals surface area contributed by atoms with Crippen LogP contribution in [-0.2, 0) is 0 Å². The smallest absolute Gasteiger partial charge is 0.271 e. The van der Waals surface area contributed by atoms with Crippen LogP contribution in [0.15, 0.2) is 23.6 Å². The lowest BCUT2D eigenvalue weighted by Crippen LogP contribution is -2.32. The van der Waals surface area contributed by atoms with Crippen LogP contribution in [0.3, 0.4) is 0 Å². The van der Waals surface area contributed by atoms with Crippen molar-refractivity contribution in [1.82, 2.24) is 20.2 Å². The fraction of sp³-hybridized carbons (Fsp3) is 0.400. The summed E-state index contributed by atoms with van der Waals surface area (Å²) in [6.45, 7) is 0.833. The summed E-state index contributed by atoms with van der Waals surface area (Å²) >= 11 is 0. The minimum absolute atomic E-state index is 0.267. The number of amides is 1. The third-order valence-electron chi connectivity index (χ3n) is 1.93. The Balaban J connectivity index is 2.33. The fourth-order valence-electron chi connectivity index (χ4n) is 0.988. The molecule has 0 fully saturated rings. The molecule has 0 aliphatic carbocycles. The second kappa shape index (κ2) is 6.41. The standard InChI is InChI=1S/C10H16N6O/c1-16(2)10(11)15-6-5-14-9(17)8-7-12-3-4-13-8/h3-4,7H,5-6H2,1-2H3,(H2,11,15)(H,14,17). The van der Waals surface area contributed by atoms with Gasteiger partial charge in [0.1, 0.15) is 5.69 Å².